The minimum Gasteiger partial charge on any atom is -0.507 e. The fourth-order valence-corrected chi connectivity index (χ4v) is 3.20. The Kier molecular flexibility index (Phi) is 5.58. The molecule has 3 rings (SSSR count). The van der Waals surface area contributed by atoms with Gasteiger partial charge in [0.05, 0.1) is 11.6 Å². The summed E-state index contributed by atoms with van der Waals surface area (Å²) in [5, 5.41) is 11.4. The Hall–Kier alpha value is -2.70. The lowest BCUT2D eigenvalue weighted by Gasteiger charge is -2.26. The molecule has 0 spiro atoms. The number of Topliss-reactive ketones (excluding diaryl/α,β-unsaturated/α-hetero) is 1. The van der Waals surface area contributed by atoms with E-state index in [9.17, 15) is 14.7 Å². The van der Waals surface area contributed by atoms with Crippen molar-refractivity contribution in [1.82, 2.24) is 14.8 Å². The van der Waals surface area contributed by atoms with E-state index in [1.165, 1.54) is 17.3 Å². The van der Waals surface area contributed by atoms with Crippen molar-refractivity contribution in [2.24, 2.45) is 0 Å². The Morgan fingerprint density at radius 3 is 2.37 bits per heavy atom. The van der Waals surface area contributed by atoms with E-state index < -0.39 is 17.7 Å². The molecule has 1 aromatic carbocycles. The molecule has 0 bridgehead atoms. The van der Waals surface area contributed by atoms with Crippen molar-refractivity contribution in [1.29, 1.82) is 0 Å². The number of likely N-dealkylation sites (N-methyl/N-ethyl adjacent to an activating group) is 1. The summed E-state index contributed by atoms with van der Waals surface area (Å²) in [6.07, 6.45) is 3.04. The molecule has 2 aromatic rings. The zero-order valence-electron chi connectivity index (χ0n) is 15.1. The number of carbonyl (C=O) groups is 2. The van der Waals surface area contributed by atoms with Crippen molar-refractivity contribution in [3.8, 4) is 0 Å². The quantitative estimate of drug-likeness (QED) is 0.486. The highest BCUT2D eigenvalue weighted by molar-refractivity contribution is 6.46. The number of aromatic nitrogens is 1. The van der Waals surface area contributed by atoms with Crippen molar-refractivity contribution < 1.29 is 14.7 Å². The monoisotopic (exact) mass is 385 g/mol. The first-order valence-electron chi connectivity index (χ1n) is 8.49. The molecule has 1 atom stereocenters. The molecule has 27 heavy (non-hydrogen) atoms. The molecule has 140 valence electrons. The van der Waals surface area contributed by atoms with Crippen LogP contribution in [0.4, 0.5) is 0 Å². The molecule has 1 aliphatic rings. The highest BCUT2D eigenvalue weighted by Gasteiger charge is 2.45. The molecule has 2 heterocycles. The maximum atomic E-state index is 12.8. The standard InChI is InChI=1S/C20H20ClN3O3/c1-23(2)11-12-24-17(13-3-5-15(21)6-4-13)16(19(26)20(24)27)18(25)14-7-9-22-10-8-14/h3-10,17,25H,11-12H2,1-2H3/b18-16+. The first-order valence-corrected chi connectivity index (χ1v) is 8.87. The molecular weight excluding hydrogens is 366 g/mol. The molecule has 1 amide bonds. The average molecular weight is 386 g/mol. The fraction of sp³-hybridized carbons (Fsp3) is 0.250. The first-order chi connectivity index (χ1) is 12.9. The van der Waals surface area contributed by atoms with E-state index in [0.29, 0.717) is 29.2 Å². The van der Waals surface area contributed by atoms with Crippen LogP contribution in [0.3, 0.4) is 0 Å². The van der Waals surface area contributed by atoms with Crippen LogP contribution in [0.5, 0.6) is 0 Å². The Labute approximate surface area is 162 Å². The van der Waals surface area contributed by atoms with E-state index in [1.807, 2.05) is 19.0 Å². The Morgan fingerprint density at radius 1 is 1.15 bits per heavy atom. The lowest BCUT2D eigenvalue weighted by atomic mass is 9.95. The van der Waals surface area contributed by atoms with Gasteiger partial charge < -0.3 is 14.9 Å². The molecule has 0 aliphatic carbocycles. The summed E-state index contributed by atoms with van der Waals surface area (Å²) < 4.78 is 0. The number of benzene rings is 1. The van der Waals surface area contributed by atoms with Gasteiger partial charge in [-0.25, -0.2) is 0 Å². The van der Waals surface area contributed by atoms with Gasteiger partial charge in [-0.3, -0.25) is 14.6 Å². The molecule has 1 N–H and O–H groups in total. The van der Waals surface area contributed by atoms with Crippen LogP contribution >= 0.6 is 11.6 Å². The van der Waals surface area contributed by atoms with Crippen molar-refractivity contribution in [2.75, 3.05) is 27.2 Å². The Morgan fingerprint density at radius 2 is 1.78 bits per heavy atom. The molecule has 1 aromatic heterocycles. The van der Waals surface area contributed by atoms with Crippen LogP contribution in [0.25, 0.3) is 5.76 Å². The van der Waals surface area contributed by atoms with Gasteiger partial charge in [-0.1, -0.05) is 23.7 Å². The lowest BCUT2D eigenvalue weighted by Crippen LogP contribution is -2.35. The van der Waals surface area contributed by atoms with Crippen molar-refractivity contribution >= 4 is 29.1 Å². The highest BCUT2D eigenvalue weighted by Crippen LogP contribution is 2.39. The zero-order valence-corrected chi connectivity index (χ0v) is 15.8. The van der Waals surface area contributed by atoms with Crippen molar-refractivity contribution in [3.63, 3.8) is 0 Å². The molecule has 1 aliphatic heterocycles. The van der Waals surface area contributed by atoms with Crippen LogP contribution in [0.1, 0.15) is 17.2 Å². The summed E-state index contributed by atoms with van der Waals surface area (Å²) in [6, 6.07) is 9.46. The van der Waals surface area contributed by atoms with Gasteiger partial charge in [-0.15, -0.1) is 0 Å². The normalized spacial score (nSPS) is 19.1. The molecule has 1 unspecified atom stereocenters. The lowest BCUT2D eigenvalue weighted by molar-refractivity contribution is -0.140. The second-order valence-corrected chi connectivity index (χ2v) is 7.02. The van der Waals surface area contributed by atoms with Gasteiger partial charge in [0.2, 0.25) is 0 Å². The number of ketones is 1. The number of aliphatic hydroxyl groups is 1. The predicted molar refractivity (Wildman–Crippen MR) is 103 cm³/mol. The van der Waals surface area contributed by atoms with Gasteiger partial charge in [0.1, 0.15) is 5.76 Å². The van der Waals surface area contributed by atoms with Gasteiger partial charge in [0.15, 0.2) is 0 Å². The summed E-state index contributed by atoms with van der Waals surface area (Å²) in [5.74, 6) is -1.52. The highest BCUT2D eigenvalue weighted by atomic mass is 35.5. The third-order valence-corrected chi connectivity index (χ3v) is 4.72. The van der Waals surface area contributed by atoms with E-state index in [1.54, 1.807) is 36.4 Å². The van der Waals surface area contributed by atoms with Gasteiger partial charge >= 0.3 is 0 Å². The number of halogens is 1. The zero-order chi connectivity index (χ0) is 19.6. The van der Waals surface area contributed by atoms with E-state index in [2.05, 4.69) is 4.98 Å². The summed E-state index contributed by atoms with van der Waals surface area (Å²) in [4.78, 5) is 32.8. The van der Waals surface area contributed by atoms with E-state index in [0.717, 1.165) is 0 Å². The molecule has 6 nitrogen and oxygen atoms in total. The summed E-state index contributed by atoms with van der Waals surface area (Å²) in [5.41, 5.74) is 1.23. The number of carbonyl (C=O) groups excluding carboxylic acids is 2. The molecule has 1 fully saturated rings. The smallest absolute Gasteiger partial charge is 0.295 e. The van der Waals surface area contributed by atoms with Crippen molar-refractivity contribution in [2.45, 2.75) is 6.04 Å². The topological polar surface area (TPSA) is 73.7 Å². The van der Waals surface area contributed by atoms with E-state index >= 15 is 0 Å². The number of rotatable bonds is 5. The summed E-state index contributed by atoms with van der Waals surface area (Å²) >= 11 is 5.99. The minimum absolute atomic E-state index is 0.0762. The van der Waals surface area contributed by atoms with Crippen LogP contribution in [0.2, 0.25) is 5.02 Å². The number of aliphatic hydroxyl groups excluding tert-OH is 1. The molecule has 0 saturated carbocycles. The SMILES string of the molecule is CN(C)CCN1C(=O)C(=O)/C(=C(/O)c2ccncc2)C1c1ccc(Cl)cc1. The van der Waals surface area contributed by atoms with Gasteiger partial charge in [0, 0.05) is 36.1 Å². The van der Waals surface area contributed by atoms with Crippen LogP contribution in [-0.4, -0.2) is 58.8 Å². The van der Waals surface area contributed by atoms with Crippen LogP contribution in [-0.2, 0) is 9.59 Å². The fourth-order valence-electron chi connectivity index (χ4n) is 3.08. The average Bonchev–Trinajstić information content (AvgIpc) is 2.91. The Bertz CT molecular complexity index is 879. The second-order valence-electron chi connectivity index (χ2n) is 6.58. The maximum Gasteiger partial charge on any atom is 0.295 e. The number of pyridine rings is 1. The third-order valence-electron chi connectivity index (χ3n) is 4.47. The van der Waals surface area contributed by atoms with Gasteiger partial charge in [0.25, 0.3) is 11.7 Å². The van der Waals surface area contributed by atoms with Gasteiger partial charge in [-0.05, 0) is 43.9 Å². The van der Waals surface area contributed by atoms with Crippen LogP contribution in [0, 0.1) is 0 Å². The predicted octanol–water partition coefficient (Wildman–Crippen LogP) is 2.72. The number of hydrogen-bond donors (Lipinski definition) is 1. The number of hydrogen-bond acceptors (Lipinski definition) is 5. The Balaban J connectivity index is 2.13. The molecule has 7 heteroatoms. The largest absolute Gasteiger partial charge is 0.507 e. The van der Waals surface area contributed by atoms with E-state index in [-0.39, 0.29) is 11.3 Å². The number of likely N-dealkylation sites (tertiary alicyclic amines) is 1. The molecular formula is C20H20ClN3O3. The van der Waals surface area contributed by atoms with Crippen LogP contribution < -0.4 is 0 Å². The number of nitrogens with zero attached hydrogens (tertiary/aromatic N) is 3. The molecule has 1 saturated heterocycles. The maximum absolute atomic E-state index is 12.8. The third kappa shape index (κ3) is 3.86. The first kappa shape index (κ1) is 19.1. The summed E-state index contributed by atoms with van der Waals surface area (Å²) in [7, 11) is 3.79. The summed E-state index contributed by atoms with van der Waals surface area (Å²) in [6.45, 7) is 0.949. The van der Waals surface area contributed by atoms with Crippen LogP contribution in [0.15, 0.2) is 54.4 Å². The second kappa shape index (κ2) is 7.90. The van der Waals surface area contributed by atoms with E-state index in [4.69, 9.17) is 11.6 Å². The van der Waals surface area contributed by atoms with Crippen molar-refractivity contribution in [3.05, 3.63) is 70.5 Å². The number of amides is 1. The molecule has 0 radical (unpaired) electrons. The minimum atomic E-state index is -0.692. The van der Waals surface area contributed by atoms with Gasteiger partial charge in [-0.2, -0.15) is 0 Å².